The molecule has 0 saturated heterocycles. The first-order chi connectivity index (χ1) is 8.61. The second-order valence-corrected chi connectivity index (χ2v) is 5.00. The number of nitrogens with zero attached hydrogens (tertiary/aromatic N) is 2. The fourth-order valence-electron chi connectivity index (χ4n) is 1.46. The lowest BCUT2D eigenvalue weighted by Gasteiger charge is -2.22. The summed E-state index contributed by atoms with van der Waals surface area (Å²) in [5.41, 5.74) is 1.69. The summed E-state index contributed by atoms with van der Waals surface area (Å²) in [6.07, 6.45) is 1.31. The van der Waals surface area contributed by atoms with Crippen LogP contribution in [0.15, 0.2) is 35.1 Å². The van der Waals surface area contributed by atoms with Gasteiger partial charge in [-0.1, -0.05) is 19.9 Å². The summed E-state index contributed by atoms with van der Waals surface area (Å²) in [5, 5.41) is 20.0. The molecule has 2 N–H and O–H groups in total. The van der Waals surface area contributed by atoms with Gasteiger partial charge in [-0.3, -0.25) is 0 Å². The highest BCUT2D eigenvalue weighted by atomic mass is 16.4. The SMILES string of the molecule is CC(C)(CO)CNc1cccc(-c2nnco2)c1. The zero-order valence-corrected chi connectivity index (χ0v) is 10.6. The number of hydrogen-bond acceptors (Lipinski definition) is 5. The molecular formula is C13H17N3O2. The van der Waals surface area contributed by atoms with Crippen LogP contribution in [0.4, 0.5) is 5.69 Å². The fraction of sp³-hybridized carbons (Fsp3) is 0.385. The molecule has 18 heavy (non-hydrogen) atoms. The van der Waals surface area contributed by atoms with Gasteiger partial charge in [-0.15, -0.1) is 10.2 Å². The molecule has 5 heteroatoms. The van der Waals surface area contributed by atoms with E-state index in [1.807, 2.05) is 38.1 Å². The van der Waals surface area contributed by atoms with E-state index in [2.05, 4.69) is 15.5 Å². The van der Waals surface area contributed by atoms with Crippen LogP contribution in [0, 0.1) is 5.41 Å². The minimum absolute atomic E-state index is 0.142. The predicted molar refractivity (Wildman–Crippen MR) is 69.1 cm³/mol. The molecule has 1 heterocycles. The maximum atomic E-state index is 9.20. The molecule has 96 valence electrons. The van der Waals surface area contributed by atoms with Crippen LogP contribution in [0.25, 0.3) is 11.5 Å². The van der Waals surface area contributed by atoms with Crippen LogP contribution in [-0.4, -0.2) is 28.5 Å². The quantitative estimate of drug-likeness (QED) is 0.847. The van der Waals surface area contributed by atoms with Crippen molar-refractivity contribution < 1.29 is 9.52 Å². The van der Waals surface area contributed by atoms with Crippen molar-refractivity contribution >= 4 is 5.69 Å². The molecule has 0 bridgehead atoms. The first-order valence-corrected chi connectivity index (χ1v) is 5.82. The highest BCUT2D eigenvalue weighted by molar-refractivity contribution is 5.60. The Hall–Kier alpha value is -1.88. The Kier molecular flexibility index (Phi) is 3.62. The lowest BCUT2D eigenvalue weighted by atomic mass is 9.95. The zero-order valence-electron chi connectivity index (χ0n) is 10.6. The van der Waals surface area contributed by atoms with Gasteiger partial charge in [0.2, 0.25) is 12.3 Å². The summed E-state index contributed by atoms with van der Waals surface area (Å²) in [4.78, 5) is 0. The van der Waals surface area contributed by atoms with Gasteiger partial charge in [0.15, 0.2) is 0 Å². The Balaban J connectivity index is 2.09. The highest BCUT2D eigenvalue weighted by Gasteiger charge is 2.16. The van der Waals surface area contributed by atoms with Crippen LogP contribution in [0.2, 0.25) is 0 Å². The molecule has 0 atom stereocenters. The maximum absolute atomic E-state index is 9.20. The monoisotopic (exact) mass is 247 g/mol. The number of nitrogens with one attached hydrogen (secondary N) is 1. The fourth-order valence-corrected chi connectivity index (χ4v) is 1.46. The third kappa shape index (κ3) is 3.07. The van der Waals surface area contributed by atoms with Crippen molar-refractivity contribution in [1.82, 2.24) is 10.2 Å². The van der Waals surface area contributed by atoms with Crippen molar-refractivity contribution in [3.8, 4) is 11.5 Å². The summed E-state index contributed by atoms with van der Waals surface area (Å²) in [6.45, 7) is 4.84. The van der Waals surface area contributed by atoms with Gasteiger partial charge in [0.05, 0.1) is 0 Å². The van der Waals surface area contributed by atoms with E-state index in [-0.39, 0.29) is 12.0 Å². The predicted octanol–water partition coefficient (Wildman–Crippen LogP) is 2.17. The van der Waals surface area contributed by atoms with Crippen LogP contribution in [0.1, 0.15) is 13.8 Å². The number of benzene rings is 1. The molecule has 0 aliphatic heterocycles. The van der Waals surface area contributed by atoms with Crippen LogP contribution in [0.5, 0.6) is 0 Å². The molecule has 0 unspecified atom stereocenters. The van der Waals surface area contributed by atoms with E-state index in [1.165, 1.54) is 6.39 Å². The van der Waals surface area contributed by atoms with E-state index in [9.17, 15) is 5.11 Å². The lowest BCUT2D eigenvalue weighted by Crippen LogP contribution is -2.26. The molecule has 0 aliphatic rings. The zero-order chi connectivity index (χ0) is 13.0. The highest BCUT2D eigenvalue weighted by Crippen LogP contribution is 2.21. The molecule has 0 saturated carbocycles. The summed E-state index contributed by atoms with van der Waals surface area (Å²) >= 11 is 0. The minimum atomic E-state index is -0.152. The second kappa shape index (κ2) is 5.18. The van der Waals surface area contributed by atoms with E-state index in [0.717, 1.165) is 11.3 Å². The normalized spacial score (nSPS) is 11.5. The molecule has 0 fully saturated rings. The van der Waals surface area contributed by atoms with Crippen molar-refractivity contribution in [1.29, 1.82) is 0 Å². The molecule has 2 rings (SSSR count). The topological polar surface area (TPSA) is 71.2 Å². The first kappa shape index (κ1) is 12.6. The molecule has 0 radical (unpaired) electrons. The first-order valence-electron chi connectivity index (χ1n) is 5.82. The molecule has 1 aromatic carbocycles. The Bertz CT molecular complexity index is 495. The van der Waals surface area contributed by atoms with Crippen molar-refractivity contribution in [3.05, 3.63) is 30.7 Å². The van der Waals surface area contributed by atoms with E-state index in [1.54, 1.807) is 0 Å². The number of rotatable bonds is 5. The van der Waals surface area contributed by atoms with Gasteiger partial charge in [-0.2, -0.15) is 0 Å². The average Bonchev–Trinajstić information content (AvgIpc) is 2.91. The maximum Gasteiger partial charge on any atom is 0.247 e. The Morgan fingerprint density at radius 2 is 2.22 bits per heavy atom. The van der Waals surface area contributed by atoms with Gasteiger partial charge in [0, 0.05) is 29.8 Å². The molecular weight excluding hydrogens is 230 g/mol. The van der Waals surface area contributed by atoms with Gasteiger partial charge in [-0.25, -0.2) is 0 Å². The Morgan fingerprint density at radius 3 is 2.89 bits per heavy atom. The number of anilines is 1. The largest absolute Gasteiger partial charge is 0.423 e. The average molecular weight is 247 g/mol. The molecule has 1 aromatic heterocycles. The molecule has 2 aromatic rings. The van der Waals surface area contributed by atoms with Crippen LogP contribution in [0.3, 0.4) is 0 Å². The van der Waals surface area contributed by atoms with Crippen LogP contribution in [-0.2, 0) is 0 Å². The van der Waals surface area contributed by atoms with Gasteiger partial charge in [0.1, 0.15) is 0 Å². The van der Waals surface area contributed by atoms with Crippen molar-refractivity contribution in [2.24, 2.45) is 5.41 Å². The third-order valence-corrected chi connectivity index (χ3v) is 2.67. The minimum Gasteiger partial charge on any atom is -0.423 e. The molecule has 5 nitrogen and oxygen atoms in total. The van der Waals surface area contributed by atoms with Gasteiger partial charge in [-0.05, 0) is 18.2 Å². The van der Waals surface area contributed by atoms with Crippen molar-refractivity contribution in [2.75, 3.05) is 18.5 Å². The van der Waals surface area contributed by atoms with E-state index in [0.29, 0.717) is 12.4 Å². The molecule has 0 spiro atoms. The van der Waals surface area contributed by atoms with E-state index < -0.39 is 0 Å². The van der Waals surface area contributed by atoms with Crippen LogP contribution < -0.4 is 5.32 Å². The van der Waals surface area contributed by atoms with E-state index in [4.69, 9.17) is 4.42 Å². The second-order valence-electron chi connectivity index (χ2n) is 5.00. The van der Waals surface area contributed by atoms with Crippen molar-refractivity contribution in [2.45, 2.75) is 13.8 Å². The van der Waals surface area contributed by atoms with Crippen molar-refractivity contribution in [3.63, 3.8) is 0 Å². The summed E-state index contributed by atoms with van der Waals surface area (Å²) in [7, 11) is 0. The summed E-state index contributed by atoms with van der Waals surface area (Å²) in [5.74, 6) is 0.500. The number of aliphatic hydroxyl groups excluding tert-OH is 1. The number of aromatic nitrogens is 2. The third-order valence-electron chi connectivity index (χ3n) is 2.67. The summed E-state index contributed by atoms with van der Waals surface area (Å²) < 4.78 is 5.15. The Morgan fingerprint density at radius 1 is 1.39 bits per heavy atom. The molecule has 0 amide bonds. The van der Waals surface area contributed by atoms with Crippen LogP contribution >= 0.6 is 0 Å². The lowest BCUT2D eigenvalue weighted by molar-refractivity contribution is 0.171. The Labute approximate surface area is 106 Å². The number of hydrogen-bond donors (Lipinski definition) is 2. The number of aliphatic hydroxyl groups is 1. The van der Waals surface area contributed by atoms with Gasteiger partial charge >= 0.3 is 0 Å². The standard InChI is InChI=1S/C13H17N3O2/c1-13(2,8-17)7-14-11-5-3-4-10(6-11)12-16-15-9-18-12/h3-6,9,14,17H,7-8H2,1-2H3. The van der Waals surface area contributed by atoms with E-state index >= 15 is 0 Å². The van der Waals surface area contributed by atoms with Gasteiger partial charge in [0.25, 0.3) is 0 Å². The van der Waals surface area contributed by atoms with Gasteiger partial charge < -0.3 is 14.8 Å². The molecule has 0 aliphatic carbocycles. The summed E-state index contributed by atoms with van der Waals surface area (Å²) in [6, 6.07) is 7.75. The smallest absolute Gasteiger partial charge is 0.247 e.